The molecule has 2 aliphatic heterocycles. The molecule has 8 heteroatoms. The molecular formula is C27H33FN4O3. The zero-order valence-electron chi connectivity index (χ0n) is 20.4. The molecule has 2 fully saturated rings. The fourth-order valence-electron chi connectivity index (χ4n) is 5.20. The summed E-state index contributed by atoms with van der Waals surface area (Å²) in [6.07, 6.45) is 7.59. The third-order valence-corrected chi connectivity index (χ3v) is 7.00. The van der Waals surface area contributed by atoms with Crippen LogP contribution in [0.1, 0.15) is 37.7 Å². The number of hydrogen-bond donors (Lipinski definition) is 1. The summed E-state index contributed by atoms with van der Waals surface area (Å²) < 4.78 is 31.5. The van der Waals surface area contributed by atoms with Gasteiger partial charge in [0.15, 0.2) is 11.5 Å². The van der Waals surface area contributed by atoms with E-state index in [0.717, 1.165) is 49.1 Å². The number of nitrogens with one attached hydrogen (secondary N) is 1. The van der Waals surface area contributed by atoms with Crippen LogP contribution in [0.15, 0.2) is 36.7 Å². The minimum absolute atomic E-state index is 0.236. The molecule has 1 N–H and O–H groups in total. The molecule has 2 aromatic carbocycles. The Balaban J connectivity index is 1.28. The highest BCUT2D eigenvalue weighted by molar-refractivity contribution is 5.93. The average Bonchev–Trinajstić information content (AvgIpc) is 2.88. The Hall–Kier alpha value is -2.97. The topological polar surface area (TPSA) is 68.7 Å². The van der Waals surface area contributed by atoms with Crippen molar-refractivity contribution >= 4 is 22.4 Å². The van der Waals surface area contributed by atoms with Gasteiger partial charge in [0, 0.05) is 36.3 Å². The lowest BCUT2D eigenvalue weighted by atomic mass is 9.92. The Morgan fingerprint density at radius 3 is 2.91 bits per heavy atom. The predicted octanol–water partition coefficient (Wildman–Crippen LogP) is 5.24. The molecule has 0 spiro atoms. The molecule has 3 aromatic rings. The zero-order chi connectivity index (χ0) is 24.2. The second-order valence-electron chi connectivity index (χ2n) is 9.33. The summed E-state index contributed by atoms with van der Waals surface area (Å²) in [4.78, 5) is 11.4. The average molecular weight is 481 g/mol. The van der Waals surface area contributed by atoms with Gasteiger partial charge in [-0.05, 0) is 75.4 Å². The Bertz CT molecular complexity index is 1170. The highest BCUT2D eigenvalue weighted by atomic mass is 19.1. The molecule has 0 saturated carbocycles. The molecule has 0 amide bonds. The molecule has 35 heavy (non-hydrogen) atoms. The zero-order valence-corrected chi connectivity index (χ0v) is 20.4. The van der Waals surface area contributed by atoms with E-state index >= 15 is 0 Å². The van der Waals surface area contributed by atoms with Crippen molar-refractivity contribution in [2.75, 3.05) is 38.7 Å². The summed E-state index contributed by atoms with van der Waals surface area (Å²) in [5.41, 5.74) is 2.06. The highest BCUT2D eigenvalue weighted by Crippen LogP contribution is 2.35. The van der Waals surface area contributed by atoms with E-state index in [1.807, 2.05) is 12.1 Å². The molecule has 0 bridgehead atoms. The Kier molecular flexibility index (Phi) is 7.29. The molecule has 0 aliphatic carbocycles. The van der Waals surface area contributed by atoms with Crippen LogP contribution in [-0.2, 0) is 4.74 Å². The summed E-state index contributed by atoms with van der Waals surface area (Å²) in [5, 5.41) is 4.09. The van der Waals surface area contributed by atoms with Crippen molar-refractivity contribution in [2.45, 2.75) is 51.2 Å². The lowest BCUT2D eigenvalue weighted by molar-refractivity contribution is -0.0757. The maximum atomic E-state index is 13.7. The van der Waals surface area contributed by atoms with Crippen molar-refractivity contribution in [1.29, 1.82) is 0 Å². The van der Waals surface area contributed by atoms with Crippen LogP contribution in [0.2, 0.25) is 0 Å². The number of aromatic nitrogens is 2. The summed E-state index contributed by atoms with van der Waals surface area (Å²) in [6, 6.07) is 9.23. The summed E-state index contributed by atoms with van der Waals surface area (Å²) in [7, 11) is 1.63. The van der Waals surface area contributed by atoms with E-state index < -0.39 is 0 Å². The lowest BCUT2D eigenvalue weighted by Gasteiger charge is -2.43. The van der Waals surface area contributed by atoms with Crippen LogP contribution in [0.4, 0.5) is 15.9 Å². The van der Waals surface area contributed by atoms with Gasteiger partial charge in [0.1, 0.15) is 18.0 Å². The van der Waals surface area contributed by atoms with Crippen LogP contribution >= 0.6 is 0 Å². The van der Waals surface area contributed by atoms with Gasteiger partial charge in [0.05, 0.1) is 25.3 Å². The first kappa shape index (κ1) is 23.8. The molecule has 2 saturated heterocycles. The number of aryl methyl sites for hydroxylation is 1. The van der Waals surface area contributed by atoms with E-state index in [1.54, 1.807) is 26.2 Å². The fraction of sp³-hybridized carbons (Fsp3) is 0.481. The molecule has 1 aromatic heterocycles. The molecule has 3 heterocycles. The SMILES string of the molecule is COc1cc2ncnc(Nc3ccc(F)c(C)c3)c2cc1OCCCN1CCCC2OCCCC21. The van der Waals surface area contributed by atoms with Crippen molar-refractivity contribution in [2.24, 2.45) is 0 Å². The minimum atomic E-state index is -0.236. The van der Waals surface area contributed by atoms with Crippen molar-refractivity contribution in [3.63, 3.8) is 0 Å². The number of likely N-dealkylation sites (tertiary alicyclic amines) is 1. The van der Waals surface area contributed by atoms with Crippen molar-refractivity contribution in [3.05, 3.63) is 48.0 Å². The number of nitrogens with zero attached hydrogens (tertiary/aromatic N) is 3. The molecule has 186 valence electrons. The number of piperidine rings is 1. The van der Waals surface area contributed by atoms with E-state index in [4.69, 9.17) is 14.2 Å². The number of benzene rings is 2. The molecule has 5 rings (SSSR count). The van der Waals surface area contributed by atoms with Crippen LogP contribution in [0.25, 0.3) is 10.9 Å². The van der Waals surface area contributed by atoms with Gasteiger partial charge in [-0.25, -0.2) is 14.4 Å². The van der Waals surface area contributed by atoms with Gasteiger partial charge >= 0.3 is 0 Å². The Labute approximate surface area is 205 Å². The first-order valence-corrected chi connectivity index (χ1v) is 12.5. The first-order chi connectivity index (χ1) is 17.1. The second-order valence-corrected chi connectivity index (χ2v) is 9.33. The van der Waals surface area contributed by atoms with Crippen molar-refractivity contribution in [1.82, 2.24) is 14.9 Å². The maximum Gasteiger partial charge on any atom is 0.162 e. The van der Waals surface area contributed by atoms with Gasteiger partial charge in [0.2, 0.25) is 0 Å². The Morgan fingerprint density at radius 2 is 2.06 bits per heavy atom. The number of rotatable bonds is 8. The molecule has 2 atom stereocenters. The number of anilines is 2. The first-order valence-electron chi connectivity index (χ1n) is 12.5. The van der Waals surface area contributed by atoms with Gasteiger partial charge < -0.3 is 19.5 Å². The highest BCUT2D eigenvalue weighted by Gasteiger charge is 2.33. The maximum absolute atomic E-state index is 13.7. The lowest BCUT2D eigenvalue weighted by Crippen LogP contribution is -2.51. The second kappa shape index (κ2) is 10.7. The largest absolute Gasteiger partial charge is 0.493 e. The molecule has 2 unspecified atom stereocenters. The molecular weight excluding hydrogens is 447 g/mol. The van der Waals surface area contributed by atoms with Gasteiger partial charge in [-0.2, -0.15) is 0 Å². The summed E-state index contributed by atoms with van der Waals surface area (Å²) in [5.74, 6) is 1.69. The van der Waals surface area contributed by atoms with E-state index in [2.05, 4.69) is 20.2 Å². The number of hydrogen-bond acceptors (Lipinski definition) is 7. The van der Waals surface area contributed by atoms with E-state index in [0.29, 0.717) is 41.6 Å². The predicted molar refractivity (Wildman–Crippen MR) is 134 cm³/mol. The van der Waals surface area contributed by atoms with E-state index in [1.165, 1.54) is 31.7 Å². The monoisotopic (exact) mass is 480 g/mol. The van der Waals surface area contributed by atoms with Crippen LogP contribution in [0.3, 0.4) is 0 Å². The van der Waals surface area contributed by atoms with Gasteiger partial charge in [-0.3, -0.25) is 4.90 Å². The molecule has 2 aliphatic rings. The van der Waals surface area contributed by atoms with Crippen LogP contribution in [0.5, 0.6) is 11.5 Å². The number of methoxy groups -OCH3 is 1. The third kappa shape index (κ3) is 5.33. The van der Waals surface area contributed by atoms with Crippen LogP contribution in [-0.4, -0.2) is 60.4 Å². The number of fused-ring (bicyclic) bond motifs is 2. The van der Waals surface area contributed by atoms with Gasteiger partial charge in [0.25, 0.3) is 0 Å². The van der Waals surface area contributed by atoms with E-state index in [-0.39, 0.29) is 5.82 Å². The van der Waals surface area contributed by atoms with Crippen molar-refractivity contribution in [3.8, 4) is 11.5 Å². The summed E-state index contributed by atoms with van der Waals surface area (Å²) >= 11 is 0. The quantitative estimate of drug-likeness (QED) is 0.442. The fourth-order valence-corrected chi connectivity index (χ4v) is 5.20. The number of ether oxygens (including phenoxy) is 3. The van der Waals surface area contributed by atoms with Gasteiger partial charge in [-0.1, -0.05) is 0 Å². The summed E-state index contributed by atoms with van der Waals surface area (Å²) in [6.45, 7) is 5.37. The standard InChI is InChI=1S/C27H33FN4O3/c1-18-14-19(8-9-21(18)28)31-27-20-15-26(25(33-2)16-22(20)29-17-30-27)35-13-5-11-32-10-3-7-24-23(32)6-4-12-34-24/h8-9,14-17,23-24H,3-7,10-13H2,1-2H3,(H,29,30,31). The van der Waals surface area contributed by atoms with Crippen LogP contribution in [0, 0.1) is 12.7 Å². The van der Waals surface area contributed by atoms with Gasteiger partial charge in [-0.15, -0.1) is 0 Å². The van der Waals surface area contributed by atoms with Crippen molar-refractivity contribution < 1.29 is 18.6 Å². The molecule has 7 nitrogen and oxygen atoms in total. The van der Waals surface area contributed by atoms with E-state index in [9.17, 15) is 4.39 Å². The third-order valence-electron chi connectivity index (χ3n) is 7.00. The number of halogens is 1. The smallest absolute Gasteiger partial charge is 0.162 e. The van der Waals surface area contributed by atoms with Crippen LogP contribution < -0.4 is 14.8 Å². The normalized spacial score (nSPS) is 20.4. The molecule has 0 radical (unpaired) electrons. The minimum Gasteiger partial charge on any atom is -0.493 e. The Morgan fingerprint density at radius 1 is 1.14 bits per heavy atom.